The zero-order valence-corrected chi connectivity index (χ0v) is 9.45. The standard InChI is InChI=1S/C11H19N3O2/c12-10(15)9-5-3-7-14(9)11(16)8-4-1-2-6-13-8/h8-9,13H,1-7H2,(H2,12,15). The molecule has 2 atom stereocenters. The van der Waals surface area contributed by atoms with Crippen molar-refractivity contribution < 1.29 is 9.59 Å². The van der Waals surface area contributed by atoms with E-state index in [2.05, 4.69) is 5.32 Å². The lowest BCUT2D eigenvalue weighted by molar-refractivity contribution is -0.139. The van der Waals surface area contributed by atoms with Crippen LogP contribution in [0.2, 0.25) is 0 Å². The number of likely N-dealkylation sites (tertiary alicyclic amines) is 1. The van der Waals surface area contributed by atoms with Crippen LogP contribution in [0.25, 0.3) is 0 Å². The van der Waals surface area contributed by atoms with Gasteiger partial charge in [0.2, 0.25) is 11.8 Å². The first-order valence-corrected chi connectivity index (χ1v) is 6.03. The van der Waals surface area contributed by atoms with Crippen molar-refractivity contribution in [1.29, 1.82) is 0 Å². The van der Waals surface area contributed by atoms with Gasteiger partial charge in [-0.1, -0.05) is 6.42 Å². The fourth-order valence-electron chi connectivity index (χ4n) is 2.59. The van der Waals surface area contributed by atoms with E-state index in [9.17, 15) is 9.59 Å². The third kappa shape index (κ3) is 2.19. The molecule has 0 aromatic carbocycles. The lowest BCUT2D eigenvalue weighted by atomic mass is 10.0. The van der Waals surface area contributed by atoms with E-state index in [1.165, 1.54) is 0 Å². The highest BCUT2D eigenvalue weighted by molar-refractivity contribution is 5.89. The molecule has 0 aromatic rings. The van der Waals surface area contributed by atoms with Gasteiger partial charge in [-0.25, -0.2) is 0 Å². The molecular formula is C11H19N3O2. The first-order valence-electron chi connectivity index (χ1n) is 6.03. The molecule has 2 fully saturated rings. The smallest absolute Gasteiger partial charge is 0.240 e. The molecule has 0 spiro atoms. The largest absolute Gasteiger partial charge is 0.368 e. The molecule has 2 aliphatic heterocycles. The molecule has 2 unspecified atom stereocenters. The van der Waals surface area contributed by atoms with Crippen LogP contribution in [-0.4, -0.2) is 41.9 Å². The van der Waals surface area contributed by atoms with Crippen LogP contribution in [-0.2, 0) is 9.59 Å². The number of rotatable bonds is 2. The number of carbonyl (C=O) groups is 2. The van der Waals surface area contributed by atoms with Crippen LogP contribution in [0.15, 0.2) is 0 Å². The van der Waals surface area contributed by atoms with E-state index in [1.807, 2.05) is 0 Å². The van der Waals surface area contributed by atoms with E-state index in [1.54, 1.807) is 4.90 Å². The van der Waals surface area contributed by atoms with Crippen LogP contribution >= 0.6 is 0 Å². The summed E-state index contributed by atoms with van der Waals surface area (Å²) in [5.41, 5.74) is 5.30. The summed E-state index contributed by atoms with van der Waals surface area (Å²) in [5.74, 6) is -0.317. The van der Waals surface area contributed by atoms with Gasteiger partial charge in [0.25, 0.3) is 0 Å². The van der Waals surface area contributed by atoms with Gasteiger partial charge >= 0.3 is 0 Å². The fraction of sp³-hybridized carbons (Fsp3) is 0.818. The minimum atomic E-state index is -0.378. The van der Waals surface area contributed by atoms with Crippen molar-refractivity contribution in [3.8, 4) is 0 Å². The molecule has 0 radical (unpaired) electrons. The summed E-state index contributed by atoms with van der Waals surface area (Å²) in [4.78, 5) is 25.0. The maximum atomic E-state index is 12.2. The number of nitrogens with zero attached hydrogens (tertiary/aromatic N) is 1. The van der Waals surface area contributed by atoms with Crippen LogP contribution in [0.5, 0.6) is 0 Å². The Morgan fingerprint density at radius 1 is 1.19 bits per heavy atom. The van der Waals surface area contributed by atoms with Crippen molar-refractivity contribution in [1.82, 2.24) is 10.2 Å². The molecule has 0 saturated carbocycles. The van der Waals surface area contributed by atoms with E-state index in [0.717, 1.165) is 32.2 Å². The highest BCUT2D eigenvalue weighted by Gasteiger charge is 2.36. The van der Waals surface area contributed by atoms with E-state index in [0.29, 0.717) is 13.0 Å². The first-order chi connectivity index (χ1) is 7.70. The Balaban J connectivity index is 1.99. The molecule has 2 saturated heterocycles. The molecule has 5 nitrogen and oxygen atoms in total. The fourth-order valence-corrected chi connectivity index (χ4v) is 2.59. The van der Waals surface area contributed by atoms with Crippen molar-refractivity contribution in [3.05, 3.63) is 0 Å². The molecule has 3 N–H and O–H groups in total. The predicted molar refractivity (Wildman–Crippen MR) is 59.6 cm³/mol. The Hall–Kier alpha value is -1.10. The Kier molecular flexibility index (Phi) is 3.43. The molecule has 0 aromatic heterocycles. The average Bonchev–Trinajstić information content (AvgIpc) is 2.78. The van der Waals surface area contributed by atoms with Gasteiger partial charge in [-0.2, -0.15) is 0 Å². The zero-order valence-electron chi connectivity index (χ0n) is 9.45. The van der Waals surface area contributed by atoms with Crippen molar-refractivity contribution in [2.75, 3.05) is 13.1 Å². The third-order valence-electron chi connectivity index (χ3n) is 3.47. The normalized spacial score (nSPS) is 30.4. The van der Waals surface area contributed by atoms with Gasteiger partial charge in [0.1, 0.15) is 6.04 Å². The van der Waals surface area contributed by atoms with Crippen LogP contribution < -0.4 is 11.1 Å². The lowest BCUT2D eigenvalue weighted by Crippen LogP contribution is -2.52. The molecule has 2 amide bonds. The molecular weight excluding hydrogens is 206 g/mol. The monoisotopic (exact) mass is 225 g/mol. The molecule has 2 rings (SSSR count). The van der Waals surface area contributed by atoms with E-state index >= 15 is 0 Å². The number of nitrogens with two attached hydrogens (primary N) is 1. The molecule has 0 bridgehead atoms. The number of hydrogen-bond acceptors (Lipinski definition) is 3. The van der Waals surface area contributed by atoms with Crippen molar-refractivity contribution >= 4 is 11.8 Å². The Morgan fingerprint density at radius 3 is 2.62 bits per heavy atom. The lowest BCUT2D eigenvalue weighted by Gasteiger charge is -2.29. The van der Waals surface area contributed by atoms with E-state index in [-0.39, 0.29) is 23.9 Å². The van der Waals surface area contributed by atoms with Crippen molar-refractivity contribution in [2.45, 2.75) is 44.2 Å². The zero-order chi connectivity index (χ0) is 11.5. The summed E-state index contributed by atoms with van der Waals surface area (Å²) in [6.45, 7) is 1.57. The van der Waals surface area contributed by atoms with Gasteiger partial charge in [-0.05, 0) is 32.2 Å². The summed E-state index contributed by atoms with van der Waals surface area (Å²) in [5, 5.41) is 3.21. The quantitative estimate of drug-likeness (QED) is 0.671. The van der Waals surface area contributed by atoms with Crippen LogP contribution in [0.3, 0.4) is 0 Å². The highest BCUT2D eigenvalue weighted by Crippen LogP contribution is 2.20. The minimum absolute atomic E-state index is 0.0565. The number of amides is 2. The molecule has 5 heteroatoms. The summed E-state index contributed by atoms with van der Waals surface area (Å²) in [6, 6.07) is -0.482. The number of hydrogen-bond donors (Lipinski definition) is 2. The van der Waals surface area contributed by atoms with Crippen LogP contribution in [0.1, 0.15) is 32.1 Å². The second kappa shape index (κ2) is 4.82. The summed E-state index contributed by atoms with van der Waals surface area (Å²) < 4.78 is 0. The van der Waals surface area contributed by atoms with E-state index < -0.39 is 0 Å². The summed E-state index contributed by atoms with van der Waals surface area (Å²) in [6.07, 6.45) is 4.68. The second-order valence-corrected chi connectivity index (χ2v) is 4.59. The number of carbonyl (C=O) groups excluding carboxylic acids is 2. The second-order valence-electron chi connectivity index (χ2n) is 4.59. The number of piperidine rings is 1. The van der Waals surface area contributed by atoms with Gasteiger partial charge in [-0.3, -0.25) is 9.59 Å². The number of nitrogens with one attached hydrogen (secondary N) is 1. The summed E-state index contributed by atoms with van der Waals surface area (Å²) in [7, 11) is 0. The third-order valence-corrected chi connectivity index (χ3v) is 3.47. The molecule has 2 aliphatic rings. The SMILES string of the molecule is NC(=O)C1CCCN1C(=O)C1CCCCN1. The Labute approximate surface area is 95.3 Å². The maximum Gasteiger partial charge on any atom is 0.240 e. The summed E-state index contributed by atoms with van der Waals surface area (Å²) >= 11 is 0. The average molecular weight is 225 g/mol. The van der Waals surface area contributed by atoms with Gasteiger partial charge in [-0.15, -0.1) is 0 Å². The van der Waals surface area contributed by atoms with Crippen molar-refractivity contribution in [2.24, 2.45) is 5.73 Å². The molecule has 16 heavy (non-hydrogen) atoms. The highest BCUT2D eigenvalue weighted by atomic mass is 16.2. The molecule has 0 aliphatic carbocycles. The topological polar surface area (TPSA) is 75.4 Å². The van der Waals surface area contributed by atoms with Gasteiger partial charge in [0.05, 0.1) is 6.04 Å². The van der Waals surface area contributed by atoms with Crippen LogP contribution in [0, 0.1) is 0 Å². The first kappa shape index (κ1) is 11.4. The number of primary amides is 1. The van der Waals surface area contributed by atoms with Gasteiger partial charge in [0.15, 0.2) is 0 Å². The van der Waals surface area contributed by atoms with Crippen molar-refractivity contribution in [3.63, 3.8) is 0 Å². The van der Waals surface area contributed by atoms with Crippen LogP contribution in [0.4, 0.5) is 0 Å². The van der Waals surface area contributed by atoms with E-state index in [4.69, 9.17) is 5.73 Å². The molecule has 2 heterocycles. The Bertz CT molecular complexity index is 287. The predicted octanol–water partition coefficient (Wildman–Crippen LogP) is -0.395. The minimum Gasteiger partial charge on any atom is -0.368 e. The van der Waals surface area contributed by atoms with Gasteiger partial charge < -0.3 is 16.0 Å². The maximum absolute atomic E-state index is 12.2. The Morgan fingerprint density at radius 2 is 2.00 bits per heavy atom. The molecule has 90 valence electrons. The van der Waals surface area contributed by atoms with Gasteiger partial charge in [0, 0.05) is 6.54 Å².